The molecule has 0 saturated heterocycles. The summed E-state index contributed by atoms with van der Waals surface area (Å²) in [7, 11) is 0. The van der Waals surface area contributed by atoms with Crippen molar-refractivity contribution in [1.82, 2.24) is 0 Å². The highest BCUT2D eigenvalue weighted by atomic mass is 35.5. The predicted molar refractivity (Wildman–Crippen MR) is 66.5 cm³/mol. The Morgan fingerprint density at radius 1 is 1.12 bits per heavy atom. The number of hydrogen-bond acceptors (Lipinski definition) is 3. The van der Waals surface area contributed by atoms with E-state index in [4.69, 9.17) is 27.9 Å². The summed E-state index contributed by atoms with van der Waals surface area (Å²) >= 11 is 13.2. The van der Waals surface area contributed by atoms with Crippen molar-refractivity contribution in [3.63, 3.8) is 0 Å². The molecule has 0 spiro atoms. The van der Waals surface area contributed by atoms with Gasteiger partial charge < -0.3 is 4.74 Å². The van der Waals surface area contributed by atoms with E-state index >= 15 is 0 Å². The molecule has 82 valence electrons. The number of ether oxygens (including phenoxy) is 1. The molecular weight excluding hydrogens is 267 g/mol. The molecule has 1 heterocycles. The summed E-state index contributed by atoms with van der Waals surface area (Å²) in [6.45, 7) is 0.403. The molecule has 0 saturated carbocycles. The summed E-state index contributed by atoms with van der Waals surface area (Å²) in [5, 5.41) is 1.70. The van der Waals surface area contributed by atoms with Crippen LogP contribution < -0.4 is 4.74 Å². The van der Waals surface area contributed by atoms with Crippen LogP contribution in [0.3, 0.4) is 0 Å². The molecule has 0 aliphatic rings. The highest BCUT2D eigenvalue weighted by Crippen LogP contribution is 2.35. The number of benzene rings is 1. The quantitative estimate of drug-likeness (QED) is 0.781. The van der Waals surface area contributed by atoms with E-state index in [9.17, 15) is 4.79 Å². The van der Waals surface area contributed by atoms with Crippen LogP contribution in [0.1, 0.15) is 0 Å². The Morgan fingerprint density at radius 2 is 1.81 bits per heavy atom. The first-order valence-electron chi connectivity index (χ1n) is 4.35. The van der Waals surface area contributed by atoms with Crippen molar-refractivity contribution in [2.75, 3.05) is 0 Å². The first-order chi connectivity index (χ1) is 7.69. The van der Waals surface area contributed by atoms with Gasteiger partial charge in [-0.15, -0.1) is 0 Å². The van der Waals surface area contributed by atoms with E-state index in [-0.39, 0.29) is 0 Å². The number of hydrogen-bond donors (Lipinski definition) is 0. The molecule has 2 rings (SSSR count). The maximum absolute atomic E-state index is 10.2. The molecule has 1 aromatic heterocycles. The smallest absolute Gasteiger partial charge is 0.299 e. The lowest BCUT2D eigenvalue weighted by molar-refractivity contribution is -0.120. The minimum Gasteiger partial charge on any atom is -0.418 e. The van der Waals surface area contributed by atoms with Gasteiger partial charge in [-0.05, 0) is 35.9 Å². The Hall–Kier alpha value is -1.03. The Labute approximate surface area is 106 Å². The van der Waals surface area contributed by atoms with Gasteiger partial charge in [0.25, 0.3) is 6.47 Å². The highest BCUT2D eigenvalue weighted by molar-refractivity contribution is 7.17. The van der Waals surface area contributed by atoms with E-state index in [2.05, 4.69) is 0 Å². The van der Waals surface area contributed by atoms with Crippen LogP contribution in [0.25, 0.3) is 10.4 Å². The van der Waals surface area contributed by atoms with Gasteiger partial charge in [0.05, 0.1) is 0 Å². The van der Waals surface area contributed by atoms with Crippen LogP contribution in [0.5, 0.6) is 5.06 Å². The van der Waals surface area contributed by atoms with E-state index in [1.165, 1.54) is 11.3 Å². The van der Waals surface area contributed by atoms with Crippen LogP contribution in [0, 0.1) is 0 Å². The van der Waals surface area contributed by atoms with Crippen LogP contribution >= 0.6 is 34.5 Å². The second kappa shape index (κ2) is 4.87. The van der Waals surface area contributed by atoms with Crippen LogP contribution in [0.4, 0.5) is 0 Å². The normalized spacial score (nSPS) is 10.1. The van der Waals surface area contributed by atoms with Crippen molar-refractivity contribution in [3.05, 3.63) is 40.4 Å². The van der Waals surface area contributed by atoms with Gasteiger partial charge in [0.15, 0.2) is 5.06 Å². The van der Waals surface area contributed by atoms with Crippen LogP contribution in [0.2, 0.25) is 10.0 Å². The van der Waals surface area contributed by atoms with E-state index in [0.717, 1.165) is 10.4 Å². The summed E-state index contributed by atoms with van der Waals surface area (Å²) in [6.07, 6.45) is 0. The molecule has 1 aromatic carbocycles. The van der Waals surface area contributed by atoms with Gasteiger partial charge >= 0.3 is 0 Å². The van der Waals surface area contributed by atoms with Gasteiger partial charge in [0, 0.05) is 14.9 Å². The Bertz CT molecular complexity index is 502. The maximum atomic E-state index is 10.2. The number of thiophene rings is 1. The molecule has 0 unspecified atom stereocenters. The first kappa shape index (κ1) is 11.5. The molecular formula is C11H6Cl2O2S. The third-order valence-electron chi connectivity index (χ3n) is 1.89. The van der Waals surface area contributed by atoms with Crippen LogP contribution in [-0.2, 0) is 4.79 Å². The number of rotatable bonds is 3. The lowest BCUT2D eigenvalue weighted by Crippen LogP contribution is -1.82. The first-order valence-corrected chi connectivity index (χ1v) is 5.93. The van der Waals surface area contributed by atoms with E-state index in [0.29, 0.717) is 21.6 Å². The van der Waals surface area contributed by atoms with Gasteiger partial charge in [-0.1, -0.05) is 34.5 Å². The Balaban J connectivity index is 2.38. The topological polar surface area (TPSA) is 26.3 Å². The Morgan fingerprint density at radius 3 is 2.44 bits per heavy atom. The van der Waals surface area contributed by atoms with Gasteiger partial charge in [-0.2, -0.15) is 0 Å². The SMILES string of the molecule is O=COc1ccc(-c2cc(Cl)cc(Cl)c2)s1. The fourth-order valence-electron chi connectivity index (χ4n) is 1.28. The Kier molecular flexibility index (Phi) is 3.49. The molecule has 0 radical (unpaired) electrons. The van der Waals surface area contributed by atoms with Gasteiger partial charge in [-0.25, -0.2) is 0 Å². The maximum Gasteiger partial charge on any atom is 0.299 e. The molecule has 0 fully saturated rings. The van der Waals surface area contributed by atoms with E-state index in [1.54, 1.807) is 12.1 Å². The van der Waals surface area contributed by atoms with Gasteiger partial charge in [0.2, 0.25) is 0 Å². The molecule has 0 bridgehead atoms. The predicted octanol–water partition coefficient (Wildman–Crippen LogP) is 4.26. The zero-order valence-corrected chi connectivity index (χ0v) is 10.3. The largest absolute Gasteiger partial charge is 0.418 e. The molecule has 0 aliphatic heterocycles. The fraction of sp³-hybridized carbons (Fsp3) is 0. The molecule has 0 N–H and O–H groups in total. The fourth-order valence-corrected chi connectivity index (χ4v) is 2.62. The summed E-state index contributed by atoms with van der Waals surface area (Å²) in [5.41, 5.74) is 0.906. The summed E-state index contributed by atoms with van der Waals surface area (Å²) < 4.78 is 4.74. The molecule has 0 aliphatic carbocycles. The van der Waals surface area contributed by atoms with Crippen molar-refractivity contribution >= 4 is 41.0 Å². The third kappa shape index (κ3) is 2.55. The summed E-state index contributed by atoms with van der Waals surface area (Å²) in [4.78, 5) is 11.1. The molecule has 16 heavy (non-hydrogen) atoms. The van der Waals surface area contributed by atoms with Crippen molar-refractivity contribution in [1.29, 1.82) is 0 Å². The molecule has 2 aromatic rings. The highest BCUT2D eigenvalue weighted by Gasteiger charge is 2.05. The lowest BCUT2D eigenvalue weighted by Gasteiger charge is -1.99. The number of carbonyl (C=O) groups is 1. The van der Waals surface area contributed by atoms with Gasteiger partial charge in [0.1, 0.15) is 0 Å². The standard InChI is InChI=1S/C11H6Cl2O2S/c12-8-3-7(4-9(13)5-8)10-1-2-11(16-10)15-6-14/h1-6H. The molecule has 0 atom stereocenters. The van der Waals surface area contributed by atoms with E-state index < -0.39 is 0 Å². The van der Waals surface area contributed by atoms with Crippen molar-refractivity contribution in [2.45, 2.75) is 0 Å². The zero-order valence-electron chi connectivity index (χ0n) is 7.94. The summed E-state index contributed by atoms with van der Waals surface area (Å²) in [5.74, 6) is 0. The second-order valence-corrected chi connectivity index (χ2v) is 4.91. The number of carbonyl (C=O) groups excluding carboxylic acids is 1. The minimum atomic E-state index is 0.403. The average Bonchev–Trinajstić information content (AvgIpc) is 2.65. The minimum absolute atomic E-state index is 0.403. The van der Waals surface area contributed by atoms with Crippen LogP contribution in [0.15, 0.2) is 30.3 Å². The summed E-state index contributed by atoms with van der Waals surface area (Å²) in [6, 6.07) is 8.87. The monoisotopic (exact) mass is 272 g/mol. The van der Waals surface area contributed by atoms with Crippen molar-refractivity contribution in [2.24, 2.45) is 0 Å². The molecule has 5 heteroatoms. The van der Waals surface area contributed by atoms with E-state index in [1.807, 2.05) is 18.2 Å². The van der Waals surface area contributed by atoms with Gasteiger partial charge in [-0.3, -0.25) is 4.79 Å². The lowest BCUT2D eigenvalue weighted by atomic mass is 10.2. The molecule has 0 amide bonds. The van der Waals surface area contributed by atoms with Crippen LogP contribution in [-0.4, -0.2) is 6.47 Å². The number of halogens is 2. The van der Waals surface area contributed by atoms with Crippen molar-refractivity contribution in [3.8, 4) is 15.5 Å². The average molecular weight is 273 g/mol. The zero-order chi connectivity index (χ0) is 11.5. The second-order valence-electron chi connectivity index (χ2n) is 2.99. The molecule has 2 nitrogen and oxygen atoms in total. The van der Waals surface area contributed by atoms with Crippen molar-refractivity contribution < 1.29 is 9.53 Å². The third-order valence-corrected chi connectivity index (χ3v) is 3.35.